The van der Waals surface area contributed by atoms with Gasteiger partial charge >= 0.3 is 0 Å². The van der Waals surface area contributed by atoms with Crippen LogP contribution in [0, 0.1) is 11.3 Å². The molecule has 0 amide bonds. The molecule has 1 rings (SSSR count). The van der Waals surface area contributed by atoms with Crippen molar-refractivity contribution in [2.24, 2.45) is 11.3 Å². The van der Waals surface area contributed by atoms with Gasteiger partial charge in [0, 0.05) is 4.88 Å². The standard InChI is InChI=1S/C13H23NS/c1-5-14-10-11(13(2,3)4)9-12-7-6-8-15-12/h6-8,11,14H,5,9-10H2,1-4H3. The molecule has 0 spiro atoms. The minimum atomic E-state index is 0.381. The van der Waals surface area contributed by atoms with Crippen LogP contribution in [0.4, 0.5) is 0 Å². The molecule has 0 aliphatic heterocycles. The van der Waals surface area contributed by atoms with Gasteiger partial charge in [0.25, 0.3) is 0 Å². The summed E-state index contributed by atoms with van der Waals surface area (Å²) in [5.41, 5.74) is 0.381. The first-order chi connectivity index (χ1) is 7.04. The number of rotatable bonds is 5. The Morgan fingerprint density at radius 1 is 1.40 bits per heavy atom. The Hall–Kier alpha value is -0.340. The zero-order valence-corrected chi connectivity index (χ0v) is 11.2. The Balaban J connectivity index is 2.57. The van der Waals surface area contributed by atoms with Gasteiger partial charge < -0.3 is 5.32 Å². The fourth-order valence-electron chi connectivity index (χ4n) is 1.67. The van der Waals surface area contributed by atoms with Crippen molar-refractivity contribution in [1.82, 2.24) is 5.32 Å². The van der Waals surface area contributed by atoms with Gasteiger partial charge in [-0.05, 0) is 42.3 Å². The molecule has 0 aromatic carbocycles. The maximum absolute atomic E-state index is 3.47. The molecule has 1 atom stereocenters. The molecule has 86 valence electrons. The van der Waals surface area contributed by atoms with Crippen molar-refractivity contribution in [3.8, 4) is 0 Å². The van der Waals surface area contributed by atoms with Crippen LogP contribution in [0.1, 0.15) is 32.6 Å². The Bertz CT molecular complexity index is 259. The van der Waals surface area contributed by atoms with Crippen molar-refractivity contribution in [2.75, 3.05) is 13.1 Å². The van der Waals surface area contributed by atoms with Gasteiger partial charge in [-0.15, -0.1) is 11.3 Å². The molecular formula is C13H23NS. The van der Waals surface area contributed by atoms with Crippen molar-refractivity contribution in [1.29, 1.82) is 0 Å². The third-order valence-corrected chi connectivity index (χ3v) is 3.79. The van der Waals surface area contributed by atoms with E-state index in [2.05, 4.69) is 50.5 Å². The Labute approximate surface area is 97.9 Å². The molecule has 0 aliphatic carbocycles. The summed E-state index contributed by atoms with van der Waals surface area (Å²) in [6, 6.07) is 4.39. The predicted molar refractivity (Wildman–Crippen MR) is 69.5 cm³/mol. The highest BCUT2D eigenvalue weighted by molar-refractivity contribution is 7.09. The summed E-state index contributed by atoms with van der Waals surface area (Å²) in [7, 11) is 0. The van der Waals surface area contributed by atoms with Gasteiger partial charge in [-0.2, -0.15) is 0 Å². The largest absolute Gasteiger partial charge is 0.317 e. The summed E-state index contributed by atoms with van der Waals surface area (Å²) in [4.78, 5) is 1.51. The minimum Gasteiger partial charge on any atom is -0.317 e. The number of hydrogen-bond acceptors (Lipinski definition) is 2. The molecule has 0 saturated carbocycles. The van der Waals surface area contributed by atoms with Crippen molar-refractivity contribution in [3.05, 3.63) is 22.4 Å². The summed E-state index contributed by atoms with van der Waals surface area (Å²) in [6.07, 6.45) is 1.20. The van der Waals surface area contributed by atoms with Gasteiger partial charge in [-0.25, -0.2) is 0 Å². The van der Waals surface area contributed by atoms with Crippen LogP contribution in [0.25, 0.3) is 0 Å². The molecule has 1 N–H and O–H groups in total. The minimum absolute atomic E-state index is 0.381. The second kappa shape index (κ2) is 5.66. The van der Waals surface area contributed by atoms with Crippen LogP contribution in [0.2, 0.25) is 0 Å². The number of thiophene rings is 1. The van der Waals surface area contributed by atoms with Crippen LogP contribution < -0.4 is 5.32 Å². The van der Waals surface area contributed by atoms with E-state index in [1.54, 1.807) is 0 Å². The molecule has 2 heteroatoms. The van der Waals surface area contributed by atoms with Crippen molar-refractivity contribution in [3.63, 3.8) is 0 Å². The molecule has 0 saturated heterocycles. The zero-order valence-electron chi connectivity index (χ0n) is 10.3. The first kappa shape index (κ1) is 12.7. The predicted octanol–water partition coefficient (Wildman–Crippen LogP) is 3.56. The molecule has 1 aromatic rings. The first-order valence-corrected chi connectivity index (χ1v) is 6.65. The molecule has 1 aromatic heterocycles. The van der Waals surface area contributed by atoms with E-state index in [1.807, 2.05) is 11.3 Å². The van der Waals surface area contributed by atoms with Crippen molar-refractivity contribution >= 4 is 11.3 Å². The third-order valence-electron chi connectivity index (χ3n) is 2.89. The summed E-state index contributed by atoms with van der Waals surface area (Å²) in [6.45, 7) is 11.4. The molecule has 1 nitrogen and oxygen atoms in total. The van der Waals surface area contributed by atoms with E-state index in [0.29, 0.717) is 5.41 Å². The lowest BCUT2D eigenvalue weighted by molar-refractivity contribution is 0.233. The second-order valence-corrected chi connectivity index (χ2v) is 6.19. The fraction of sp³-hybridized carbons (Fsp3) is 0.692. The Morgan fingerprint density at radius 3 is 2.60 bits per heavy atom. The maximum Gasteiger partial charge on any atom is 0.00486 e. The van der Waals surface area contributed by atoms with Crippen LogP contribution in [0.5, 0.6) is 0 Å². The second-order valence-electron chi connectivity index (χ2n) is 5.15. The maximum atomic E-state index is 3.47. The van der Waals surface area contributed by atoms with Crippen LogP contribution >= 0.6 is 11.3 Å². The Morgan fingerprint density at radius 2 is 2.13 bits per heavy atom. The highest BCUT2D eigenvalue weighted by Crippen LogP contribution is 2.29. The number of nitrogens with one attached hydrogen (secondary N) is 1. The van der Waals surface area contributed by atoms with Gasteiger partial charge in [0.2, 0.25) is 0 Å². The summed E-state index contributed by atoms with van der Waals surface area (Å²) in [5, 5.41) is 5.64. The van der Waals surface area contributed by atoms with Crippen molar-refractivity contribution < 1.29 is 0 Å². The molecular weight excluding hydrogens is 202 g/mol. The highest BCUT2D eigenvalue weighted by Gasteiger charge is 2.24. The fourth-order valence-corrected chi connectivity index (χ4v) is 2.46. The molecule has 0 fully saturated rings. The van der Waals surface area contributed by atoms with Crippen LogP contribution in [-0.2, 0) is 6.42 Å². The average Bonchev–Trinajstić information content (AvgIpc) is 2.62. The van der Waals surface area contributed by atoms with Gasteiger partial charge in [-0.1, -0.05) is 33.8 Å². The van der Waals surface area contributed by atoms with Crippen LogP contribution in [0.3, 0.4) is 0 Å². The molecule has 0 aliphatic rings. The van der Waals surface area contributed by atoms with E-state index in [4.69, 9.17) is 0 Å². The summed E-state index contributed by atoms with van der Waals surface area (Å²) >= 11 is 1.87. The quantitative estimate of drug-likeness (QED) is 0.808. The van der Waals surface area contributed by atoms with E-state index in [-0.39, 0.29) is 0 Å². The monoisotopic (exact) mass is 225 g/mol. The van der Waals surface area contributed by atoms with Crippen LogP contribution in [0.15, 0.2) is 17.5 Å². The van der Waals surface area contributed by atoms with E-state index in [1.165, 1.54) is 11.3 Å². The molecule has 15 heavy (non-hydrogen) atoms. The molecule has 1 unspecified atom stereocenters. The highest BCUT2D eigenvalue weighted by atomic mass is 32.1. The number of hydrogen-bond donors (Lipinski definition) is 1. The molecule has 1 heterocycles. The van der Waals surface area contributed by atoms with E-state index in [9.17, 15) is 0 Å². The zero-order chi connectivity index (χ0) is 11.3. The Kier molecular flexibility index (Phi) is 4.81. The topological polar surface area (TPSA) is 12.0 Å². The van der Waals surface area contributed by atoms with E-state index >= 15 is 0 Å². The van der Waals surface area contributed by atoms with Crippen molar-refractivity contribution in [2.45, 2.75) is 34.1 Å². The van der Waals surface area contributed by atoms with E-state index < -0.39 is 0 Å². The lowest BCUT2D eigenvalue weighted by Gasteiger charge is -2.30. The lowest BCUT2D eigenvalue weighted by Crippen LogP contribution is -2.33. The van der Waals surface area contributed by atoms with Crippen LogP contribution in [-0.4, -0.2) is 13.1 Å². The third kappa shape index (κ3) is 4.35. The van der Waals surface area contributed by atoms with Gasteiger partial charge in [-0.3, -0.25) is 0 Å². The SMILES string of the molecule is CCNCC(Cc1cccs1)C(C)(C)C. The smallest absolute Gasteiger partial charge is 0.00486 e. The van der Waals surface area contributed by atoms with Gasteiger partial charge in [0.1, 0.15) is 0 Å². The summed E-state index contributed by atoms with van der Waals surface area (Å²) < 4.78 is 0. The summed E-state index contributed by atoms with van der Waals surface area (Å²) in [5.74, 6) is 0.719. The lowest BCUT2D eigenvalue weighted by atomic mass is 9.78. The first-order valence-electron chi connectivity index (χ1n) is 5.77. The molecule has 0 radical (unpaired) electrons. The van der Waals surface area contributed by atoms with Gasteiger partial charge in [0.05, 0.1) is 0 Å². The van der Waals surface area contributed by atoms with E-state index in [0.717, 1.165) is 19.0 Å². The molecule has 0 bridgehead atoms. The van der Waals surface area contributed by atoms with Gasteiger partial charge in [0.15, 0.2) is 0 Å². The normalized spacial score (nSPS) is 14.1. The average molecular weight is 225 g/mol.